The van der Waals surface area contributed by atoms with Crippen molar-refractivity contribution in [2.45, 2.75) is 24.5 Å². The van der Waals surface area contributed by atoms with Gasteiger partial charge in [-0.1, -0.05) is 19.9 Å². The second kappa shape index (κ2) is 7.03. The maximum atomic E-state index is 11.6. The number of aliphatic hydroxyl groups excluding tert-OH is 1. The van der Waals surface area contributed by atoms with Crippen molar-refractivity contribution in [1.29, 1.82) is 0 Å². The molecule has 0 spiro atoms. The van der Waals surface area contributed by atoms with Crippen molar-refractivity contribution in [3.05, 3.63) is 17.5 Å². The molecule has 0 aliphatic carbocycles. The highest BCUT2D eigenvalue weighted by Crippen LogP contribution is 2.23. The number of thioether (sulfide) groups is 1. The topological polar surface area (TPSA) is 49.3 Å². The molecule has 0 bridgehead atoms. The smallest absolute Gasteiger partial charge is 0.230 e. The molecule has 5 heteroatoms. The van der Waals surface area contributed by atoms with Gasteiger partial charge in [0, 0.05) is 13.2 Å². The van der Waals surface area contributed by atoms with Crippen LogP contribution < -0.4 is 5.32 Å². The van der Waals surface area contributed by atoms with Crippen molar-refractivity contribution in [2.24, 2.45) is 5.41 Å². The first-order valence-corrected chi connectivity index (χ1v) is 7.44. The SMILES string of the molecule is CC(C)(CCO)CNC(=O)CSc1cccs1. The summed E-state index contributed by atoms with van der Waals surface area (Å²) in [6.45, 7) is 4.84. The van der Waals surface area contributed by atoms with Gasteiger partial charge in [0.1, 0.15) is 0 Å². The van der Waals surface area contributed by atoms with E-state index in [1.165, 1.54) is 0 Å². The van der Waals surface area contributed by atoms with Crippen LogP contribution in [-0.4, -0.2) is 29.9 Å². The van der Waals surface area contributed by atoms with Gasteiger partial charge in [-0.15, -0.1) is 23.1 Å². The molecular formula is C12H19NO2S2. The van der Waals surface area contributed by atoms with Crippen molar-refractivity contribution in [3.63, 3.8) is 0 Å². The monoisotopic (exact) mass is 273 g/mol. The Bertz CT molecular complexity index is 336. The third-order valence-electron chi connectivity index (χ3n) is 2.39. The van der Waals surface area contributed by atoms with Crippen molar-refractivity contribution >= 4 is 29.0 Å². The lowest BCUT2D eigenvalue weighted by Crippen LogP contribution is -2.35. The van der Waals surface area contributed by atoms with E-state index in [1.807, 2.05) is 31.4 Å². The molecule has 0 saturated carbocycles. The molecular weight excluding hydrogens is 254 g/mol. The molecule has 3 nitrogen and oxygen atoms in total. The zero-order valence-corrected chi connectivity index (χ0v) is 11.9. The molecule has 1 rings (SSSR count). The molecule has 0 saturated heterocycles. The highest BCUT2D eigenvalue weighted by atomic mass is 32.2. The summed E-state index contributed by atoms with van der Waals surface area (Å²) in [7, 11) is 0. The molecule has 17 heavy (non-hydrogen) atoms. The van der Waals surface area contributed by atoms with Crippen LogP contribution in [0.5, 0.6) is 0 Å². The van der Waals surface area contributed by atoms with Crippen LogP contribution in [-0.2, 0) is 4.79 Å². The van der Waals surface area contributed by atoms with Crippen molar-refractivity contribution in [3.8, 4) is 0 Å². The Balaban J connectivity index is 2.21. The first-order valence-electron chi connectivity index (χ1n) is 5.57. The summed E-state index contributed by atoms with van der Waals surface area (Å²) in [6.07, 6.45) is 0.700. The molecule has 0 atom stereocenters. The quantitative estimate of drug-likeness (QED) is 0.750. The fourth-order valence-corrected chi connectivity index (χ4v) is 2.88. The van der Waals surface area contributed by atoms with Gasteiger partial charge < -0.3 is 10.4 Å². The van der Waals surface area contributed by atoms with E-state index in [2.05, 4.69) is 5.32 Å². The average Bonchev–Trinajstić information content (AvgIpc) is 2.76. The molecule has 0 fully saturated rings. The summed E-state index contributed by atoms with van der Waals surface area (Å²) in [6, 6.07) is 3.99. The van der Waals surface area contributed by atoms with E-state index in [1.54, 1.807) is 23.1 Å². The second-order valence-corrected chi connectivity index (χ2v) is 6.86. The van der Waals surface area contributed by atoms with Crippen LogP contribution in [0.25, 0.3) is 0 Å². The van der Waals surface area contributed by atoms with Gasteiger partial charge in [-0.2, -0.15) is 0 Å². The predicted octanol–water partition coefficient (Wildman–Crippen LogP) is 2.37. The van der Waals surface area contributed by atoms with E-state index in [-0.39, 0.29) is 17.9 Å². The number of thiophene rings is 1. The van der Waals surface area contributed by atoms with Crippen LogP contribution in [0, 0.1) is 5.41 Å². The van der Waals surface area contributed by atoms with E-state index >= 15 is 0 Å². The van der Waals surface area contributed by atoms with Gasteiger partial charge in [-0.05, 0) is 23.3 Å². The number of rotatable bonds is 7. The fourth-order valence-electron chi connectivity index (χ4n) is 1.26. The number of carbonyl (C=O) groups is 1. The number of hydrogen-bond donors (Lipinski definition) is 2. The van der Waals surface area contributed by atoms with E-state index < -0.39 is 0 Å². The number of carbonyl (C=O) groups excluding carboxylic acids is 1. The summed E-state index contributed by atoms with van der Waals surface area (Å²) in [4.78, 5) is 11.6. The third-order valence-corrected chi connectivity index (χ3v) is 4.52. The molecule has 2 N–H and O–H groups in total. The summed E-state index contributed by atoms with van der Waals surface area (Å²) in [5, 5.41) is 13.8. The lowest BCUT2D eigenvalue weighted by Gasteiger charge is -2.23. The zero-order chi connectivity index (χ0) is 12.7. The largest absolute Gasteiger partial charge is 0.396 e. The number of aliphatic hydroxyl groups is 1. The highest BCUT2D eigenvalue weighted by molar-refractivity contribution is 8.01. The molecule has 96 valence electrons. The zero-order valence-electron chi connectivity index (χ0n) is 10.2. The Morgan fingerprint density at radius 1 is 1.59 bits per heavy atom. The summed E-state index contributed by atoms with van der Waals surface area (Å²) in [5.41, 5.74) is -0.0436. The maximum absolute atomic E-state index is 11.6. The van der Waals surface area contributed by atoms with E-state index in [0.717, 1.165) is 4.21 Å². The molecule has 1 heterocycles. The van der Waals surface area contributed by atoms with Gasteiger partial charge >= 0.3 is 0 Å². The van der Waals surface area contributed by atoms with Gasteiger partial charge in [-0.25, -0.2) is 0 Å². The number of nitrogens with one attached hydrogen (secondary N) is 1. The van der Waals surface area contributed by atoms with Crippen molar-refractivity contribution < 1.29 is 9.90 Å². The Hall–Kier alpha value is -0.520. The molecule has 0 unspecified atom stereocenters. The fraction of sp³-hybridized carbons (Fsp3) is 0.583. The Morgan fingerprint density at radius 3 is 2.94 bits per heavy atom. The first kappa shape index (κ1) is 14.5. The molecule has 0 radical (unpaired) electrons. The Kier molecular flexibility index (Phi) is 6.02. The molecule has 1 aromatic rings. The Morgan fingerprint density at radius 2 is 2.35 bits per heavy atom. The van der Waals surface area contributed by atoms with Gasteiger partial charge in [0.25, 0.3) is 0 Å². The Labute approximate surface area is 111 Å². The molecule has 1 amide bonds. The van der Waals surface area contributed by atoms with Crippen LogP contribution in [0.2, 0.25) is 0 Å². The third kappa shape index (κ3) is 6.10. The van der Waals surface area contributed by atoms with Crippen molar-refractivity contribution in [2.75, 3.05) is 18.9 Å². The normalized spacial score (nSPS) is 11.5. The lowest BCUT2D eigenvalue weighted by molar-refractivity contribution is -0.119. The van der Waals surface area contributed by atoms with Crippen molar-refractivity contribution in [1.82, 2.24) is 5.32 Å². The van der Waals surface area contributed by atoms with Crippen LogP contribution in [0.4, 0.5) is 0 Å². The van der Waals surface area contributed by atoms with Gasteiger partial charge in [0.15, 0.2) is 0 Å². The van der Waals surface area contributed by atoms with Crippen LogP contribution in [0.1, 0.15) is 20.3 Å². The lowest BCUT2D eigenvalue weighted by atomic mass is 9.90. The van der Waals surface area contributed by atoms with Crippen LogP contribution >= 0.6 is 23.1 Å². The molecule has 1 aromatic heterocycles. The molecule has 0 aliphatic rings. The standard InChI is InChI=1S/C12H19NO2S2/c1-12(2,5-6-14)9-13-10(15)8-17-11-4-3-7-16-11/h3-4,7,14H,5-6,8-9H2,1-2H3,(H,13,15). The minimum absolute atomic E-state index is 0.0436. The van der Waals surface area contributed by atoms with Crippen LogP contribution in [0.3, 0.4) is 0 Å². The summed E-state index contributed by atoms with van der Waals surface area (Å²) >= 11 is 3.20. The average molecular weight is 273 g/mol. The number of amides is 1. The predicted molar refractivity (Wildman–Crippen MR) is 73.5 cm³/mol. The van der Waals surface area contributed by atoms with Crippen LogP contribution in [0.15, 0.2) is 21.7 Å². The second-order valence-electron chi connectivity index (χ2n) is 4.64. The summed E-state index contributed by atoms with van der Waals surface area (Å²) < 4.78 is 1.16. The minimum atomic E-state index is -0.0436. The van der Waals surface area contributed by atoms with Gasteiger partial charge in [-0.3, -0.25) is 4.79 Å². The highest BCUT2D eigenvalue weighted by Gasteiger charge is 2.17. The molecule has 0 aliphatic heterocycles. The molecule has 0 aromatic carbocycles. The van der Waals surface area contributed by atoms with Gasteiger partial charge in [0.2, 0.25) is 5.91 Å². The summed E-state index contributed by atoms with van der Waals surface area (Å²) in [5.74, 6) is 0.504. The first-order chi connectivity index (χ1) is 8.03. The van der Waals surface area contributed by atoms with E-state index in [0.29, 0.717) is 18.7 Å². The van der Waals surface area contributed by atoms with E-state index in [9.17, 15) is 4.79 Å². The number of hydrogen-bond acceptors (Lipinski definition) is 4. The maximum Gasteiger partial charge on any atom is 0.230 e. The van der Waals surface area contributed by atoms with Gasteiger partial charge in [0.05, 0.1) is 9.96 Å². The van der Waals surface area contributed by atoms with E-state index in [4.69, 9.17) is 5.11 Å². The minimum Gasteiger partial charge on any atom is -0.396 e.